The van der Waals surface area contributed by atoms with Gasteiger partial charge in [-0.2, -0.15) is 5.10 Å². The summed E-state index contributed by atoms with van der Waals surface area (Å²) in [6.45, 7) is 0. The molecule has 0 radical (unpaired) electrons. The van der Waals surface area contributed by atoms with Crippen LogP contribution in [0.4, 0.5) is 5.69 Å². The van der Waals surface area contributed by atoms with Crippen LogP contribution in [-0.2, 0) is 0 Å². The van der Waals surface area contributed by atoms with Crippen molar-refractivity contribution in [3.05, 3.63) is 100 Å². The zero-order valence-corrected chi connectivity index (χ0v) is 16.9. The Hall–Kier alpha value is -4.06. The molecular formula is C25H20N2O4. The highest BCUT2D eigenvalue weighted by atomic mass is 16.5. The average Bonchev–Trinajstić information content (AvgIpc) is 3.24. The number of benzene rings is 3. The molecule has 154 valence electrons. The summed E-state index contributed by atoms with van der Waals surface area (Å²) in [5, 5.41) is 18.2. The van der Waals surface area contributed by atoms with Crippen LogP contribution in [0.15, 0.2) is 93.2 Å². The smallest absolute Gasteiger partial charge is 0.336 e. The number of phenols is 1. The molecule has 0 bridgehead atoms. The maximum atomic E-state index is 11.9. The van der Waals surface area contributed by atoms with Crippen LogP contribution in [0.25, 0.3) is 11.0 Å². The van der Waals surface area contributed by atoms with Crippen LogP contribution in [0, 0.1) is 0 Å². The Labute approximate surface area is 178 Å². The summed E-state index contributed by atoms with van der Waals surface area (Å²) in [4.78, 5) is 11.9. The van der Waals surface area contributed by atoms with E-state index in [1.54, 1.807) is 25.3 Å². The number of nitrogens with zero attached hydrogens (tertiary/aromatic N) is 2. The summed E-state index contributed by atoms with van der Waals surface area (Å²) in [7, 11) is 1.64. The number of hydrogen-bond acceptors (Lipinski definition) is 6. The fourth-order valence-electron chi connectivity index (χ4n) is 3.99. The lowest BCUT2D eigenvalue weighted by atomic mass is 9.96. The van der Waals surface area contributed by atoms with E-state index in [0.717, 1.165) is 22.4 Å². The maximum absolute atomic E-state index is 11.9. The first-order chi connectivity index (χ1) is 15.1. The Morgan fingerprint density at radius 3 is 2.65 bits per heavy atom. The van der Waals surface area contributed by atoms with Crippen molar-refractivity contribution in [2.75, 3.05) is 12.1 Å². The molecule has 0 amide bonds. The van der Waals surface area contributed by atoms with Gasteiger partial charge in [-0.1, -0.05) is 30.3 Å². The third-order valence-electron chi connectivity index (χ3n) is 5.47. The molecule has 0 fully saturated rings. The summed E-state index contributed by atoms with van der Waals surface area (Å²) >= 11 is 0. The number of anilines is 1. The van der Waals surface area contributed by atoms with Crippen LogP contribution in [0.2, 0.25) is 0 Å². The normalized spacial score (nSPS) is 15.8. The third kappa shape index (κ3) is 3.42. The molecule has 5 rings (SSSR count). The Bertz CT molecular complexity index is 1340. The van der Waals surface area contributed by atoms with Gasteiger partial charge in [0, 0.05) is 17.9 Å². The molecule has 0 saturated heterocycles. The Morgan fingerprint density at radius 1 is 1.03 bits per heavy atom. The number of rotatable bonds is 4. The SMILES string of the molecule is COc1cccc(C2CC(c3c(O)ccc4ccc(=O)oc34)=NN2c2ccccc2)c1. The first kappa shape index (κ1) is 18.9. The molecule has 6 heteroatoms. The number of para-hydroxylation sites is 1. The minimum Gasteiger partial charge on any atom is -0.507 e. The zero-order valence-electron chi connectivity index (χ0n) is 16.9. The highest BCUT2D eigenvalue weighted by Gasteiger charge is 2.32. The van der Waals surface area contributed by atoms with Crippen molar-refractivity contribution < 1.29 is 14.3 Å². The van der Waals surface area contributed by atoms with E-state index >= 15 is 0 Å². The number of aromatic hydroxyl groups is 1. The van der Waals surface area contributed by atoms with Crippen LogP contribution in [0.3, 0.4) is 0 Å². The first-order valence-electron chi connectivity index (χ1n) is 9.96. The zero-order chi connectivity index (χ0) is 21.4. The second kappa shape index (κ2) is 7.65. The summed E-state index contributed by atoms with van der Waals surface area (Å²) in [6, 6.07) is 24.0. The number of phenolic OH excluding ortho intramolecular Hbond substituents is 1. The van der Waals surface area contributed by atoms with Crippen LogP contribution in [-0.4, -0.2) is 17.9 Å². The second-order valence-electron chi connectivity index (χ2n) is 7.36. The minimum atomic E-state index is -0.470. The molecule has 6 nitrogen and oxygen atoms in total. The van der Waals surface area contributed by atoms with E-state index in [2.05, 4.69) is 0 Å². The van der Waals surface area contributed by atoms with E-state index in [-0.39, 0.29) is 11.8 Å². The van der Waals surface area contributed by atoms with Gasteiger partial charge in [0.1, 0.15) is 11.5 Å². The van der Waals surface area contributed by atoms with Gasteiger partial charge >= 0.3 is 5.63 Å². The standard InChI is InChI=1S/C25H20N2O4/c1-30-19-9-5-6-17(14-19)21-15-20(26-27(21)18-7-3-2-4-8-18)24-22(28)12-10-16-11-13-23(29)31-25(16)24/h2-14,21,28H,15H2,1H3. The van der Waals surface area contributed by atoms with Gasteiger partial charge in [-0.3, -0.25) is 5.01 Å². The quantitative estimate of drug-likeness (QED) is 0.485. The van der Waals surface area contributed by atoms with E-state index in [9.17, 15) is 9.90 Å². The summed E-state index contributed by atoms with van der Waals surface area (Å²) in [6.07, 6.45) is 0.521. The first-order valence-corrected chi connectivity index (χ1v) is 9.96. The van der Waals surface area contributed by atoms with Gasteiger partial charge in [0.25, 0.3) is 0 Å². The van der Waals surface area contributed by atoms with Gasteiger partial charge in [-0.15, -0.1) is 0 Å². The molecule has 2 heterocycles. The van der Waals surface area contributed by atoms with Gasteiger partial charge < -0.3 is 14.3 Å². The van der Waals surface area contributed by atoms with E-state index in [4.69, 9.17) is 14.3 Å². The predicted molar refractivity (Wildman–Crippen MR) is 120 cm³/mol. The number of methoxy groups -OCH3 is 1. The molecule has 0 aliphatic carbocycles. The van der Waals surface area contributed by atoms with Crippen molar-refractivity contribution in [1.82, 2.24) is 0 Å². The molecule has 0 saturated carbocycles. The molecule has 0 spiro atoms. The average molecular weight is 412 g/mol. The van der Waals surface area contributed by atoms with Crippen molar-refractivity contribution in [2.45, 2.75) is 12.5 Å². The molecule has 1 atom stereocenters. The number of hydrazone groups is 1. The summed E-state index contributed by atoms with van der Waals surface area (Å²) in [5.74, 6) is 0.790. The van der Waals surface area contributed by atoms with E-state index in [1.165, 1.54) is 6.07 Å². The number of hydrogen-bond donors (Lipinski definition) is 1. The predicted octanol–water partition coefficient (Wildman–Crippen LogP) is 4.86. The van der Waals surface area contributed by atoms with E-state index in [1.807, 2.05) is 59.6 Å². The monoisotopic (exact) mass is 412 g/mol. The Kier molecular flexibility index (Phi) is 4.67. The van der Waals surface area contributed by atoms with Crippen molar-refractivity contribution in [3.8, 4) is 11.5 Å². The van der Waals surface area contributed by atoms with Gasteiger partial charge in [-0.05, 0) is 48.0 Å². The van der Waals surface area contributed by atoms with Crippen LogP contribution in [0.1, 0.15) is 23.6 Å². The largest absolute Gasteiger partial charge is 0.507 e. The molecule has 1 aliphatic rings. The molecule has 4 aromatic rings. The lowest BCUT2D eigenvalue weighted by Gasteiger charge is -2.24. The summed E-state index contributed by atoms with van der Waals surface area (Å²) in [5.41, 5.74) is 2.91. The van der Waals surface area contributed by atoms with Gasteiger partial charge in [-0.25, -0.2) is 4.79 Å². The van der Waals surface area contributed by atoms with Crippen molar-refractivity contribution >= 4 is 22.4 Å². The van der Waals surface area contributed by atoms with Gasteiger partial charge in [0.05, 0.1) is 30.1 Å². The van der Waals surface area contributed by atoms with E-state index < -0.39 is 5.63 Å². The number of fused-ring (bicyclic) bond motifs is 1. The van der Waals surface area contributed by atoms with Gasteiger partial charge in [0.15, 0.2) is 5.58 Å². The van der Waals surface area contributed by atoms with E-state index in [0.29, 0.717) is 23.3 Å². The topological polar surface area (TPSA) is 75.3 Å². The lowest BCUT2D eigenvalue weighted by Crippen LogP contribution is -2.18. The fourth-order valence-corrected chi connectivity index (χ4v) is 3.99. The number of ether oxygens (including phenoxy) is 1. The molecule has 31 heavy (non-hydrogen) atoms. The molecule has 1 aliphatic heterocycles. The molecule has 3 aromatic carbocycles. The second-order valence-corrected chi connectivity index (χ2v) is 7.36. The maximum Gasteiger partial charge on any atom is 0.336 e. The van der Waals surface area contributed by atoms with Crippen molar-refractivity contribution in [2.24, 2.45) is 5.10 Å². The Balaban J connectivity index is 1.67. The van der Waals surface area contributed by atoms with Crippen LogP contribution < -0.4 is 15.4 Å². The molecule has 1 N–H and O–H groups in total. The third-order valence-corrected chi connectivity index (χ3v) is 5.47. The van der Waals surface area contributed by atoms with Gasteiger partial charge in [0.2, 0.25) is 0 Å². The lowest BCUT2D eigenvalue weighted by molar-refractivity contribution is 0.414. The Morgan fingerprint density at radius 2 is 1.84 bits per heavy atom. The summed E-state index contributed by atoms with van der Waals surface area (Å²) < 4.78 is 10.9. The van der Waals surface area contributed by atoms with Crippen molar-refractivity contribution in [1.29, 1.82) is 0 Å². The minimum absolute atomic E-state index is 0.0277. The molecule has 1 unspecified atom stereocenters. The highest BCUT2D eigenvalue weighted by Crippen LogP contribution is 2.40. The highest BCUT2D eigenvalue weighted by molar-refractivity contribution is 6.12. The van der Waals surface area contributed by atoms with Crippen LogP contribution >= 0.6 is 0 Å². The fraction of sp³-hybridized carbons (Fsp3) is 0.120. The van der Waals surface area contributed by atoms with Crippen molar-refractivity contribution in [3.63, 3.8) is 0 Å². The molecular weight excluding hydrogens is 392 g/mol. The molecule has 1 aromatic heterocycles. The van der Waals surface area contributed by atoms with Crippen LogP contribution in [0.5, 0.6) is 11.5 Å².